The molecule has 0 amide bonds. The summed E-state index contributed by atoms with van der Waals surface area (Å²) in [6.07, 6.45) is 1.31. The highest BCUT2D eigenvalue weighted by molar-refractivity contribution is 7.17. The van der Waals surface area contributed by atoms with E-state index in [1.807, 2.05) is 43.3 Å². The van der Waals surface area contributed by atoms with Crippen LogP contribution in [-0.2, 0) is 11.4 Å². The summed E-state index contributed by atoms with van der Waals surface area (Å²) in [4.78, 5) is 14.0. The van der Waals surface area contributed by atoms with Gasteiger partial charge in [-0.15, -0.1) is 11.3 Å². The van der Waals surface area contributed by atoms with E-state index in [9.17, 15) is 9.90 Å². The van der Waals surface area contributed by atoms with E-state index in [1.165, 1.54) is 15.6 Å². The Balaban J connectivity index is 1.49. The minimum absolute atomic E-state index is 0.0123. The fourth-order valence-electron chi connectivity index (χ4n) is 5.02. The van der Waals surface area contributed by atoms with Crippen molar-refractivity contribution in [3.63, 3.8) is 0 Å². The highest BCUT2D eigenvalue weighted by Gasteiger charge is 2.32. The second kappa shape index (κ2) is 11.1. The van der Waals surface area contributed by atoms with Crippen molar-refractivity contribution < 1.29 is 19.4 Å². The molecular weight excluding hydrogens is 470 g/mol. The summed E-state index contributed by atoms with van der Waals surface area (Å²) >= 11 is 1.75. The first kappa shape index (κ1) is 24.3. The summed E-state index contributed by atoms with van der Waals surface area (Å²) < 4.78 is 13.4. The lowest BCUT2D eigenvalue weighted by Gasteiger charge is -2.37. The van der Waals surface area contributed by atoms with Gasteiger partial charge < -0.3 is 14.6 Å². The Bertz CT molecular complexity index is 1310. The maximum Gasteiger partial charge on any atom is 0.306 e. The number of carboxylic acid groups (broad SMARTS) is 1. The van der Waals surface area contributed by atoms with Gasteiger partial charge in [0.2, 0.25) is 0 Å². The van der Waals surface area contributed by atoms with Crippen molar-refractivity contribution >= 4 is 27.4 Å². The number of piperidine rings is 1. The highest BCUT2D eigenvalue weighted by Crippen LogP contribution is 2.41. The third-order valence-electron chi connectivity index (χ3n) is 6.87. The van der Waals surface area contributed by atoms with Gasteiger partial charge in [0.1, 0.15) is 6.61 Å². The molecule has 0 bridgehead atoms. The van der Waals surface area contributed by atoms with Gasteiger partial charge in [0.05, 0.1) is 18.6 Å². The summed E-state index contributed by atoms with van der Waals surface area (Å²) in [5.74, 6) is 0.499. The van der Waals surface area contributed by atoms with Crippen LogP contribution in [0.25, 0.3) is 10.1 Å². The Morgan fingerprint density at radius 3 is 2.50 bits per heavy atom. The number of hydrogen-bond donors (Lipinski definition) is 1. The molecular formula is C30H31NO4S. The number of nitrogens with zero attached hydrogens (tertiary/aromatic N) is 1. The molecule has 0 radical (unpaired) electrons. The van der Waals surface area contributed by atoms with Crippen molar-refractivity contribution in [2.75, 3.05) is 19.7 Å². The molecule has 1 saturated heterocycles. The maximum absolute atomic E-state index is 11.6. The molecule has 1 N–H and O–H groups in total. The number of thiophene rings is 1. The number of rotatable bonds is 9. The Labute approximate surface area is 215 Å². The summed E-state index contributed by atoms with van der Waals surface area (Å²) in [5.41, 5.74) is 3.49. The molecule has 0 aliphatic carbocycles. The zero-order chi connectivity index (χ0) is 24.9. The van der Waals surface area contributed by atoms with E-state index >= 15 is 0 Å². The lowest BCUT2D eigenvalue weighted by atomic mass is 9.91. The summed E-state index contributed by atoms with van der Waals surface area (Å²) in [7, 11) is 0. The smallest absolute Gasteiger partial charge is 0.306 e. The van der Waals surface area contributed by atoms with Gasteiger partial charge in [-0.05, 0) is 78.5 Å². The first-order valence-electron chi connectivity index (χ1n) is 12.5. The predicted molar refractivity (Wildman–Crippen MR) is 144 cm³/mol. The van der Waals surface area contributed by atoms with Crippen molar-refractivity contribution in [2.24, 2.45) is 5.92 Å². The normalized spacial score (nSPS) is 15.6. The van der Waals surface area contributed by atoms with Crippen LogP contribution in [0.2, 0.25) is 0 Å². The molecule has 3 aromatic carbocycles. The van der Waals surface area contributed by atoms with Crippen LogP contribution in [0.3, 0.4) is 0 Å². The van der Waals surface area contributed by atoms with Crippen LogP contribution >= 0.6 is 11.3 Å². The predicted octanol–water partition coefficient (Wildman–Crippen LogP) is 6.77. The molecule has 1 aliphatic rings. The van der Waals surface area contributed by atoms with Crippen LogP contribution in [0.1, 0.15) is 42.5 Å². The average molecular weight is 502 g/mol. The van der Waals surface area contributed by atoms with E-state index in [2.05, 4.69) is 46.7 Å². The molecule has 6 heteroatoms. The van der Waals surface area contributed by atoms with Crippen LogP contribution in [0.5, 0.6) is 11.5 Å². The monoisotopic (exact) mass is 501 g/mol. The zero-order valence-corrected chi connectivity index (χ0v) is 21.2. The quantitative estimate of drug-likeness (QED) is 0.274. The number of benzene rings is 3. The van der Waals surface area contributed by atoms with Crippen LogP contribution < -0.4 is 9.47 Å². The van der Waals surface area contributed by atoms with Gasteiger partial charge in [0, 0.05) is 4.70 Å². The SMILES string of the molecule is CCOc1cc(C(c2csc3ccccc23)N2CCC(C(=O)O)CC2)ccc1OCc1ccccc1. The molecule has 186 valence electrons. The Morgan fingerprint density at radius 2 is 1.75 bits per heavy atom. The number of fused-ring (bicyclic) bond motifs is 1. The molecule has 36 heavy (non-hydrogen) atoms. The molecule has 2 heterocycles. The van der Waals surface area contributed by atoms with Gasteiger partial charge in [-0.1, -0.05) is 54.6 Å². The molecule has 1 aromatic heterocycles. The Kier molecular flexibility index (Phi) is 7.54. The van der Waals surface area contributed by atoms with Gasteiger partial charge in [0.25, 0.3) is 0 Å². The second-order valence-electron chi connectivity index (χ2n) is 9.15. The van der Waals surface area contributed by atoms with Gasteiger partial charge >= 0.3 is 5.97 Å². The van der Waals surface area contributed by atoms with Crippen molar-refractivity contribution in [2.45, 2.75) is 32.4 Å². The lowest BCUT2D eigenvalue weighted by molar-refractivity contribution is -0.143. The molecule has 1 unspecified atom stereocenters. The Morgan fingerprint density at radius 1 is 1.00 bits per heavy atom. The molecule has 4 aromatic rings. The van der Waals surface area contributed by atoms with Gasteiger partial charge in [0.15, 0.2) is 11.5 Å². The lowest BCUT2D eigenvalue weighted by Crippen LogP contribution is -2.39. The third-order valence-corrected chi connectivity index (χ3v) is 7.85. The molecule has 5 rings (SSSR count). The first-order valence-corrected chi connectivity index (χ1v) is 13.4. The largest absolute Gasteiger partial charge is 0.490 e. The second-order valence-corrected chi connectivity index (χ2v) is 10.1. The van der Waals surface area contributed by atoms with E-state index in [4.69, 9.17) is 9.47 Å². The average Bonchev–Trinajstić information content (AvgIpc) is 3.33. The van der Waals surface area contributed by atoms with E-state index in [-0.39, 0.29) is 12.0 Å². The van der Waals surface area contributed by atoms with E-state index in [0.29, 0.717) is 26.1 Å². The van der Waals surface area contributed by atoms with E-state index in [0.717, 1.165) is 35.7 Å². The van der Waals surface area contributed by atoms with Gasteiger partial charge in [-0.25, -0.2) is 0 Å². The van der Waals surface area contributed by atoms with Crippen molar-refractivity contribution in [3.8, 4) is 11.5 Å². The minimum Gasteiger partial charge on any atom is -0.490 e. The number of ether oxygens (including phenoxy) is 2. The maximum atomic E-state index is 11.6. The number of hydrogen-bond acceptors (Lipinski definition) is 5. The molecule has 1 fully saturated rings. The van der Waals surface area contributed by atoms with Crippen molar-refractivity contribution in [1.29, 1.82) is 0 Å². The molecule has 5 nitrogen and oxygen atoms in total. The number of carboxylic acids is 1. The van der Waals surface area contributed by atoms with E-state index < -0.39 is 5.97 Å². The van der Waals surface area contributed by atoms with Crippen LogP contribution in [0, 0.1) is 5.92 Å². The molecule has 1 atom stereocenters. The molecule has 0 spiro atoms. The third kappa shape index (κ3) is 5.25. The van der Waals surface area contributed by atoms with Crippen LogP contribution in [-0.4, -0.2) is 35.7 Å². The standard InChI is InChI=1S/C30H31NO4S/c1-2-34-27-18-23(12-13-26(27)35-19-21-8-4-3-5-9-21)29(31-16-14-22(15-17-31)30(32)33)25-20-36-28-11-7-6-10-24(25)28/h3-13,18,20,22,29H,2,14-17,19H2,1H3,(H,32,33). The van der Waals surface area contributed by atoms with Gasteiger partial charge in [-0.3, -0.25) is 9.69 Å². The van der Waals surface area contributed by atoms with Crippen LogP contribution in [0.15, 0.2) is 78.2 Å². The first-order chi connectivity index (χ1) is 17.6. The Hall–Kier alpha value is -3.35. The molecule has 1 aliphatic heterocycles. The number of likely N-dealkylation sites (tertiary alicyclic amines) is 1. The summed E-state index contributed by atoms with van der Waals surface area (Å²) in [5, 5.41) is 13.0. The minimum atomic E-state index is -0.689. The fourth-order valence-corrected chi connectivity index (χ4v) is 6.00. The number of aliphatic carboxylic acids is 1. The van der Waals surface area contributed by atoms with Crippen molar-refractivity contribution in [1.82, 2.24) is 4.90 Å². The number of carbonyl (C=O) groups is 1. The summed E-state index contributed by atoms with van der Waals surface area (Å²) in [6.45, 7) is 4.47. The zero-order valence-electron chi connectivity index (χ0n) is 20.4. The van der Waals surface area contributed by atoms with Gasteiger partial charge in [-0.2, -0.15) is 0 Å². The molecule has 0 saturated carbocycles. The highest BCUT2D eigenvalue weighted by atomic mass is 32.1. The van der Waals surface area contributed by atoms with Crippen LogP contribution in [0.4, 0.5) is 0 Å². The topological polar surface area (TPSA) is 59.0 Å². The van der Waals surface area contributed by atoms with Crippen molar-refractivity contribution in [3.05, 3.63) is 94.9 Å². The van der Waals surface area contributed by atoms with E-state index in [1.54, 1.807) is 11.3 Å². The summed E-state index contributed by atoms with van der Waals surface area (Å²) in [6, 6.07) is 24.9. The fraction of sp³-hybridized carbons (Fsp3) is 0.300.